The van der Waals surface area contributed by atoms with E-state index in [4.69, 9.17) is 14.5 Å². The first kappa shape index (κ1) is 26.1. The second-order valence-electron chi connectivity index (χ2n) is 4.79. The minimum Gasteiger partial charge on any atom is -0.453 e. The van der Waals surface area contributed by atoms with Crippen molar-refractivity contribution in [3.8, 4) is 0 Å². The van der Waals surface area contributed by atoms with Crippen molar-refractivity contribution >= 4 is 19.7 Å². The number of alkyl carbamates (subject to hydrolysis) is 1. The van der Waals surface area contributed by atoms with Gasteiger partial charge in [0.15, 0.2) is 0 Å². The molecule has 0 unspecified atom stereocenters. The van der Waals surface area contributed by atoms with Crippen LogP contribution in [0.4, 0.5) is 4.79 Å². The molecule has 0 rings (SSSR count). The van der Waals surface area contributed by atoms with Crippen LogP contribution in [0.15, 0.2) is 48.8 Å². The van der Waals surface area contributed by atoms with Crippen molar-refractivity contribution < 1.29 is 33.4 Å². The largest absolute Gasteiger partial charge is 0.453 e. The molecule has 0 fully saturated rings. The second kappa shape index (κ2) is 15.1. The van der Waals surface area contributed by atoms with Gasteiger partial charge in [-0.05, 0) is 18.9 Å². The van der Waals surface area contributed by atoms with Gasteiger partial charge in [-0.3, -0.25) is 9.36 Å². The zero-order chi connectivity index (χ0) is 20.6. The summed E-state index contributed by atoms with van der Waals surface area (Å²) >= 11 is 0. The van der Waals surface area contributed by atoms with Crippen LogP contribution in [-0.4, -0.2) is 41.7 Å². The lowest BCUT2D eigenvalue weighted by atomic mass is 10.2. The van der Waals surface area contributed by atoms with Gasteiger partial charge in [-0.2, -0.15) is 0 Å². The highest BCUT2D eigenvalue weighted by Crippen LogP contribution is 2.34. The highest BCUT2D eigenvalue weighted by atomic mass is 31.2. The summed E-state index contributed by atoms with van der Waals surface area (Å²) in [6.45, 7) is 10.8. The van der Waals surface area contributed by atoms with Gasteiger partial charge in [0.05, 0.1) is 13.3 Å². The molecule has 0 bridgehead atoms. The van der Waals surface area contributed by atoms with Crippen molar-refractivity contribution in [1.29, 1.82) is 0 Å². The van der Waals surface area contributed by atoms with Crippen molar-refractivity contribution in [3.63, 3.8) is 0 Å². The summed E-state index contributed by atoms with van der Waals surface area (Å²) in [5, 5.41) is 2.30. The van der Waals surface area contributed by atoms with Crippen LogP contribution in [0.25, 0.3) is 0 Å². The van der Waals surface area contributed by atoms with Crippen LogP contribution in [0, 0.1) is 0 Å². The van der Waals surface area contributed by atoms with Crippen molar-refractivity contribution in [2.75, 3.05) is 19.8 Å². The van der Waals surface area contributed by atoms with Crippen molar-refractivity contribution in [3.05, 3.63) is 48.8 Å². The standard InChI is InChI=1S/C12H16O2.C5H12NO5P/c1-5-8-9-12(14-10(4)13)11(6-2)7-3;1-11-5(7)6-3-2-4-12(8,9)10/h6-9H,2-3,5H2,1,4H3;2-4H2,1H3,(H,6,7)(H2,8,9,10)/b9-8-;. The number of nitrogens with one attached hydrogen (secondary N) is 1. The molecule has 26 heavy (non-hydrogen) atoms. The van der Waals surface area contributed by atoms with Crippen LogP contribution >= 0.6 is 7.60 Å². The molecule has 1 amide bonds. The van der Waals surface area contributed by atoms with E-state index in [0.29, 0.717) is 11.3 Å². The van der Waals surface area contributed by atoms with Gasteiger partial charge in [-0.25, -0.2) is 4.79 Å². The minimum absolute atomic E-state index is 0.206. The third-order valence-electron chi connectivity index (χ3n) is 2.56. The predicted octanol–water partition coefficient (Wildman–Crippen LogP) is 3.05. The molecule has 0 atom stereocenters. The monoisotopic (exact) mass is 389 g/mol. The van der Waals surface area contributed by atoms with Gasteiger partial charge < -0.3 is 24.6 Å². The summed E-state index contributed by atoms with van der Waals surface area (Å²) in [4.78, 5) is 38.0. The van der Waals surface area contributed by atoms with Gasteiger partial charge in [0.25, 0.3) is 0 Å². The molecule has 0 saturated carbocycles. The molecule has 9 heteroatoms. The molecular weight excluding hydrogens is 361 g/mol. The summed E-state index contributed by atoms with van der Waals surface area (Å²) < 4.78 is 19.5. The van der Waals surface area contributed by atoms with Gasteiger partial charge in [-0.1, -0.05) is 38.3 Å². The lowest BCUT2D eigenvalue weighted by Crippen LogP contribution is -2.24. The predicted molar refractivity (Wildman–Crippen MR) is 101 cm³/mol. The Balaban J connectivity index is 0. The maximum absolute atomic E-state index is 10.8. The molecule has 0 aromatic rings. The summed E-state index contributed by atoms with van der Waals surface area (Å²) in [7, 11) is -2.71. The molecule has 0 aliphatic heterocycles. The molecule has 0 aliphatic carbocycles. The fraction of sp³-hybridized carbons (Fsp3) is 0.412. The SMILES string of the molecule is C=CC(C=C)=C(/C=C\CC)OC(C)=O.COC(=O)NCCCP(=O)(O)O. The number of rotatable bonds is 9. The van der Waals surface area contributed by atoms with Gasteiger partial charge in [0, 0.05) is 19.0 Å². The van der Waals surface area contributed by atoms with E-state index in [1.807, 2.05) is 13.0 Å². The highest BCUT2D eigenvalue weighted by molar-refractivity contribution is 7.51. The maximum Gasteiger partial charge on any atom is 0.406 e. The average Bonchev–Trinajstić information content (AvgIpc) is 2.56. The summed E-state index contributed by atoms with van der Waals surface area (Å²) in [6, 6.07) is 0. The number of carbonyl (C=O) groups is 2. The number of amides is 1. The van der Waals surface area contributed by atoms with Crippen LogP contribution < -0.4 is 5.32 Å². The maximum atomic E-state index is 10.8. The molecule has 0 spiro atoms. The summed E-state index contributed by atoms with van der Waals surface area (Å²) in [5.41, 5.74) is 0.713. The van der Waals surface area contributed by atoms with Crippen LogP contribution in [0.1, 0.15) is 26.7 Å². The van der Waals surface area contributed by atoms with E-state index >= 15 is 0 Å². The highest BCUT2D eigenvalue weighted by Gasteiger charge is 2.11. The van der Waals surface area contributed by atoms with Gasteiger partial charge in [-0.15, -0.1) is 0 Å². The number of ether oxygens (including phenoxy) is 2. The van der Waals surface area contributed by atoms with E-state index in [9.17, 15) is 14.2 Å². The Hall–Kier alpha value is -2.15. The molecule has 0 aromatic carbocycles. The van der Waals surface area contributed by atoms with E-state index in [-0.39, 0.29) is 25.1 Å². The zero-order valence-corrected chi connectivity index (χ0v) is 16.3. The van der Waals surface area contributed by atoms with Gasteiger partial charge >= 0.3 is 19.7 Å². The van der Waals surface area contributed by atoms with Gasteiger partial charge in [0.1, 0.15) is 5.76 Å². The smallest absolute Gasteiger partial charge is 0.406 e. The first-order valence-electron chi connectivity index (χ1n) is 7.81. The number of hydrogen-bond acceptors (Lipinski definition) is 5. The molecule has 0 aromatic heterocycles. The third kappa shape index (κ3) is 16.7. The van der Waals surface area contributed by atoms with Crippen molar-refractivity contribution in [2.24, 2.45) is 0 Å². The Labute approximate surface area is 154 Å². The number of carbonyl (C=O) groups excluding carboxylic acids is 2. The van der Waals surface area contributed by atoms with Crippen LogP contribution in [0.5, 0.6) is 0 Å². The van der Waals surface area contributed by atoms with Crippen molar-refractivity contribution in [1.82, 2.24) is 5.32 Å². The molecule has 3 N–H and O–H groups in total. The Bertz CT molecular complexity index is 566. The first-order valence-corrected chi connectivity index (χ1v) is 9.61. The minimum atomic E-state index is -3.93. The molecule has 8 nitrogen and oxygen atoms in total. The Morgan fingerprint density at radius 2 is 1.81 bits per heavy atom. The lowest BCUT2D eigenvalue weighted by molar-refractivity contribution is -0.136. The van der Waals surface area contributed by atoms with E-state index in [0.717, 1.165) is 6.42 Å². The molecular formula is C17H28NO7P. The molecule has 0 aliphatic rings. The molecule has 0 heterocycles. The van der Waals surface area contributed by atoms with Gasteiger partial charge in [0.2, 0.25) is 0 Å². The quantitative estimate of drug-likeness (QED) is 0.182. The van der Waals surface area contributed by atoms with E-state index < -0.39 is 13.7 Å². The molecule has 0 radical (unpaired) electrons. The Morgan fingerprint density at radius 1 is 1.23 bits per heavy atom. The van der Waals surface area contributed by atoms with E-state index in [1.165, 1.54) is 14.0 Å². The fourth-order valence-electron chi connectivity index (χ4n) is 1.40. The number of hydrogen-bond donors (Lipinski definition) is 3. The summed E-state index contributed by atoms with van der Waals surface area (Å²) in [6.07, 6.45) is 7.16. The lowest BCUT2D eigenvalue weighted by Gasteiger charge is -2.04. The summed E-state index contributed by atoms with van der Waals surface area (Å²) in [5.74, 6) is 0.145. The normalized spacial score (nSPS) is 10.2. The second-order valence-corrected chi connectivity index (χ2v) is 6.57. The van der Waals surface area contributed by atoms with E-state index in [1.54, 1.807) is 18.2 Å². The average molecular weight is 389 g/mol. The number of allylic oxidation sites excluding steroid dienone is 5. The van der Waals surface area contributed by atoms with E-state index in [2.05, 4.69) is 23.2 Å². The molecule has 0 saturated heterocycles. The topological polar surface area (TPSA) is 122 Å². The Morgan fingerprint density at radius 3 is 2.19 bits per heavy atom. The molecule has 148 valence electrons. The third-order valence-corrected chi connectivity index (χ3v) is 3.46. The zero-order valence-electron chi connectivity index (χ0n) is 15.4. The fourth-order valence-corrected chi connectivity index (χ4v) is 1.97. The number of methoxy groups -OCH3 is 1. The van der Waals surface area contributed by atoms with Crippen LogP contribution in [-0.2, 0) is 18.8 Å². The first-order chi connectivity index (χ1) is 12.1. The van der Waals surface area contributed by atoms with Crippen LogP contribution in [0.3, 0.4) is 0 Å². The Kier molecular flexibility index (Phi) is 15.2. The van der Waals surface area contributed by atoms with Crippen molar-refractivity contribution in [2.45, 2.75) is 26.7 Å². The number of esters is 1. The van der Waals surface area contributed by atoms with Crippen LogP contribution in [0.2, 0.25) is 0 Å².